The minimum Gasteiger partial charge on any atom is -0.382 e. The first-order valence-corrected chi connectivity index (χ1v) is 7.74. The van der Waals surface area contributed by atoms with Crippen LogP contribution in [0.4, 0.5) is 5.82 Å². The Labute approximate surface area is 129 Å². The molecule has 0 radical (unpaired) electrons. The van der Waals surface area contributed by atoms with Crippen LogP contribution in [-0.2, 0) is 4.74 Å². The highest BCUT2D eigenvalue weighted by Crippen LogP contribution is 2.37. The zero-order valence-corrected chi connectivity index (χ0v) is 12.4. The smallest absolute Gasteiger partial charge is 0.254 e. The molecule has 1 heterocycles. The van der Waals surface area contributed by atoms with Gasteiger partial charge in [-0.3, -0.25) is 9.48 Å². The van der Waals surface area contributed by atoms with Crippen molar-refractivity contribution in [2.45, 2.75) is 44.2 Å². The summed E-state index contributed by atoms with van der Waals surface area (Å²) in [7, 11) is 0. The molecule has 2 saturated carbocycles. The van der Waals surface area contributed by atoms with Gasteiger partial charge in [-0.25, -0.2) is 0 Å². The van der Waals surface area contributed by atoms with Gasteiger partial charge in [0, 0.05) is 12.8 Å². The molecule has 2 aliphatic carbocycles. The van der Waals surface area contributed by atoms with Gasteiger partial charge in [-0.1, -0.05) is 0 Å². The Kier molecular flexibility index (Phi) is 4.03. The summed E-state index contributed by atoms with van der Waals surface area (Å²) in [5.74, 6) is 0.0512. The van der Waals surface area contributed by atoms with Crippen LogP contribution in [0.1, 0.15) is 48.5 Å². The highest BCUT2D eigenvalue weighted by Gasteiger charge is 2.34. The van der Waals surface area contributed by atoms with E-state index in [9.17, 15) is 10.1 Å². The molecule has 0 bridgehead atoms. The van der Waals surface area contributed by atoms with Gasteiger partial charge in [0.2, 0.25) is 0 Å². The minimum atomic E-state index is -0.598. The molecule has 4 N–H and O–H groups in total. The lowest BCUT2D eigenvalue weighted by atomic mass is 9.83. The van der Waals surface area contributed by atoms with Crippen LogP contribution in [0, 0.1) is 23.2 Å². The molecule has 0 spiro atoms. The highest BCUT2D eigenvalue weighted by atomic mass is 16.5. The fourth-order valence-corrected chi connectivity index (χ4v) is 3.04. The maximum atomic E-state index is 11.3. The lowest BCUT2D eigenvalue weighted by Gasteiger charge is -2.32. The molecule has 0 saturated heterocycles. The zero-order chi connectivity index (χ0) is 15.7. The molecule has 1 aromatic rings. The summed E-state index contributed by atoms with van der Waals surface area (Å²) < 4.78 is 7.54. The lowest BCUT2D eigenvalue weighted by Crippen LogP contribution is -2.31. The van der Waals surface area contributed by atoms with Crippen molar-refractivity contribution in [2.75, 3.05) is 12.3 Å². The molecule has 2 fully saturated rings. The number of carbonyl (C=O) groups is 1. The van der Waals surface area contributed by atoms with Crippen LogP contribution < -0.4 is 11.5 Å². The molecular formula is C15H21N5O2. The van der Waals surface area contributed by atoms with Crippen molar-refractivity contribution in [1.82, 2.24) is 9.78 Å². The van der Waals surface area contributed by atoms with E-state index in [-0.39, 0.29) is 29.4 Å². The molecule has 3 atom stereocenters. The number of aromatic nitrogens is 2. The maximum Gasteiger partial charge on any atom is 0.254 e. The molecule has 7 heteroatoms. The molecule has 0 aromatic carbocycles. The second-order valence-electron chi connectivity index (χ2n) is 6.29. The molecule has 118 valence electrons. The Bertz CT molecular complexity index is 602. The number of nitrogens with two attached hydrogens (primary N) is 2. The molecular weight excluding hydrogens is 282 g/mol. The van der Waals surface area contributed by atoms with E-state index >= 15 is 0 Å². The Morgan fingerprint density at radius 1 is 1.45 bits per heavy atom. The zero-order valence-electron chi connectivity index (χ0n) is 12.4. The second kappa shape index (κ2) is 5.97. The van der Waals surface area contributed by atoms with Crippen molar-refractivity contribution in [1.29, 1.82) is 5.26 Å². The number of nitriles is 1. The van der Waals surface area contributed by atoms with Gasteiger partial charge < -0.3 is 16.2 Å². The number of ether oxygens (including phenoxy) is 1. The van der Waals surface area contributed by atoms with Crippen LogP contribution in [-0.4, -0.2) is 28.4 Å². The van der Waals surface area contributed by atoms with Crippen molar-refractivity contribution in [2.24, 2.45) is 17.6 Å². The Hall–Kier alpha value is -2.07. The van der Waals surface area contributed by atoms with E-state index in [1.54, 1.807) is 10.9 Å². The summed E-state index contributed by atoms with van der Waals surface area (Å²) in [6.07, 6.45) is 6.59. The van der Waals surface area contributed by atoms with Crippen LogP contribution >= 0.6 is 0 Å². The number of anilines is 1. The van der Waals surface area contributed by atoms with Gasteiger partial charge in [0.15, 0.2) is 5.82 Å². The third-order valence-electron chi connectivity index (χ3n) is 4.56. The summed E-state index contributed by atoms with van der Waals surface area (Å²) in [5, 5.41) is 13.6. The summed E-state index contributed by atoms with van der Waals surface area (Å²) in [5.41, 5.74) is 11.2. The number of rotatable bonds is 5. The van der Waals surface area contributed by atoms with Gasteiger partial charge >= 0.3 is 0 Å². The number of nitrogens with zero attached hydrogens (tertiary/aromatic N) is 3. The van der Waals surface area contributed by atoms with Crippen molar-refractivity contribution >= 4 is 11.7 Å². The number of hydrogen-bond acceptors (Lipinski definition) is 5. The van der Waals surface area contributed by atoms with Gasteiger partial charge in [0.25, 0.3) is 5.91 Å². The SMILES string of the molecule is N#CC1C[C@H](OCC2CC2)CCC1n1cc(C(N)=O)c(N)n1. The average Bonchev–Trinajstić information content (AvgIpc) is 3.25. The number of hydrogen-bond donors (Lipinski definition) is 2. The van der Waals surface area contributed by atoms with Gasteiger partial charge in [0.1, 0.15) is 5.56 Å². The lowest BCUT2D eigenvalue weighted by molar-refractivity contribution is 0.00154. The number of primary amides is 1. The van der Waals surface area contributed by atoms with E-state index in [4.69, 9.17) is 16.2 Å². The molecule has 7 nitrogen and oxygen atoms in total. The number of amides is 1. The van der Waals surface area contributed by atoms with Crippen LogP contribution in [0.25, 0.3) is 0 Å². The van der Waals surface area contributed by atoms with Gasteiger partial charge in [-0.15, -0.1) is 0 Å². The van der Waals surface area contributed by atoms with Gasteiger partial charge in [-0.2, -0.15) is 10.4 Å². The van der Waals surface area contributed by atoms with E-state index in [1.165, 1.54) is 12.8 Å². The Morgan fingerprint density at radius 3 is 2.82 bits per heavy atom. The molecule has 2 unspecified atom stereocenters. The quantitative estimate of drug-likeness (QED) is 0.847. The minimum absolute atomic E-state index is 0.0822. The first kappa shape index (κ1) is 14.9. The monoisotopic (exact) mass is 303 g/mol. The summed E-state index contributed by atoms with van der Waals surface area (Å²) in [4.78, 5) is 11.3. The van der Waals surface area contributed by atoms with Crippen LogP contribution in [0.5, 0.6) is 0 Å². The van der Waals surface area contributed by atoms with Crippen molar-refractivity contribution in [3.8, 4) is 6.07 Å². The third kappa shape index (κ3) is 3.07. The standard InChI is InChI=1S/C15H21N5O2/c16-6-10-5-11(22-8-9-1-2-9)3-4-13(10)20-7-12(15(18)21)14(17)19-20/h7,9-11,13H,1-5,8H2,(H2,17,19)(H2,18,21)/t10?,11-,13?/m1/s1. The largest absolute Gasteiger partial charge is 0.382 e. The molecule has 1 aromatic heterocycles. The van der Waals surface area contributed by atoms with Crippen LogP contribution in [0.15, 0.2) is 6.20 Å². The molecule has 2 aliphatic rings. The van der Waals surface area contributed by atoms with Gasteiger partial charge in [0.05, 0.1) is 24.1 Å². The molecule has 1 amide bonds. The summed E-state index contributed by atoms with van der Waals surface area (Å²) in [6, 6.07) is 2.26. The molecule has 22 heavy (non-hydrogen) atoms. The van der Waals surface area contributed by atoms with Crippen LogP contribution in [0.2, 0.25) is 0 Å². The van der Waals surface area contributed by atoms with Crippen molar-refractivity contribution in [3.63, 3.8) is 0 Å². The molecule has 3 rings (SSSR count). The van der Waals surface area contributed by atoms with E-state index < -0.39 is 5.91 Å². The van der Waals surface area contributed by atoms with E-state index in [0.29, 0.717) is 6.42 Å². The average molecular weight is 303 g/mol. The van der Waals surface area contributed by atoms with Crippen molar-refractivity contribution < 1.29 is 9.53 Å². The van der Waals surface area contributed by atoms with E-state index in [2.05, 4.69) is 11.2 Å². The number of nitrogen functional groups attached to an aromatic ring is 1. The normalized spacial score (nSPS) is 28.2. The second-order valence-corrected chi connectivity index (χ2v) is 6.29. The molecule has 0 aliphatic heterocycles. The van der Waals surface area contributed by atoms with E-state index in [0.717, 1.165) is 25.4 Å². The predicted molar refractivity (Wildman–Crippen MR) is 79.6 cm³/mol. The predicted octanol–water partition coefficient (Wildman–Crippen LogP) is 1.22. The summed E-state index contributed by atoms with van der Waals surface area (Å²) in [6.45, 7) is 0.814. The third-order valence-corrected chi connectivity index (χ3v) is 4.56. The van der Waals surface area contributed by atoms with Crippen LogP contribution in [0.3, 0.4) is 0 Å². The first-order chi connectivity index (χ1) is 10.6. The Morgan fingerprint density at radius 2 is 2.23 bits per heavy atom. The topological polar surface area (TPSA) is 120 Å². The first-order valence-electron chi connectivity index (χ1n) is 7.74. The van der Waals surface area contributed by atoms with E-state index in [1.807, 2.05) is 0 Å². The fraction of sp³-hybridized carbons (Fsp3) is 0.667. The maximum absolute atomic E-state index is 11.3. The van der Waals surface area contributed by atoms with Gasteiger partial charge in [-0.05, 0) is 38.0 Å². The number of carbonyl (C=O) groups excluding carboxylic acids is 1. The van der Waals surface area contributed by atoms with Crippen molar-refractivity contribution in [3.05, 3.63) is 11.8 Å². The Balaban J connectivity index is 1.67. The summed E-state index contributed by atoms with van der Waals surface area (Å²) >= 11 is 0. The highest BCUT2D eigenvalue weighted by molar-refractivity contribution is 5.96. The fourth-order valence-electron chi connectivity index (χ4n) is 3.04.